The molecule has 1 aromatic carbocycles. The van der Waals surface area contributed by atoms with Gasteiger partial charge in [0.15, 0.2) is 5.82 Å². The summed E-state index contributed by atoms with van der Waals surface area (Å²) in [6.45, 7) is 5.67. The summed E-state index contributed by atoms with van der Waals surface area (Å²) >= 11 is 0. The van der Waals surface area contributed by atoms with Crippen LogP contribution in [0.3, 0.4) is 0 Å². The fourth-order valence-corrected chi connectivity index (χ4v) is 3.59. The van der Waals surface area contributed by atoms with Gasteiger partial charge in [-0.2, -0.15) is 0 Å². The van der Waals surface area contributed by atoms with Crippen molar-refractivity contribution in [2.45, 2.75) is 26.2 Å². The highest BCUT2D eigenvalue weighted by atomic mass is 16.2. The maximum atomic E-state index is 13.0. The minimum Gasteiger partial charge on any atom is -0.338 e. The number of imidazole rings is 1. The number of hydrogen-bond acceptors (Lipinski definition) is 3. The Bertz CT molecular complexity index is 682. The van der Waals surface area contributed by atoms with Crippen molar-refractivity contribution in [3.05, 3.63) is 53.6 Å². The van der Waals surface area contributed by atoms with Gasteiger partial charge in [-0.1, -0.05) is 30.3 Å². The highest BCUT2D eigenvalue weighted by molar-refractivity contribution is 5.90. The average molecular weight is 340 g/mol. The minimum atomic E-state index is 0.0113. The lowest BCUT2D eigenvalue weighted by molar-refractivity contribution is 0.0682. The van der Waals surface area contributed by atoms with E-state index in [9.17, 15) is 4.79 Å². The van der Waals surface area contributed by atoms with Gasteiger partial charge in [0.1, 0.15) is 0 Å². The summed E-state index contributed by atoms with van der Waals surface area (Å²) in [6.07, 6.45) is 4.99. The maximum absolute atomic E-state index is 13.0. The molecule has 2 aromatic rings. The molecule has 25 heavy (non-hydrogen) atoms. The van der Waals surface area contributed by atoms with Crippen molar-refractivity contribution < 1.29 is 4.79 Å². The molecule has 5 nitrogen and oxygen atoms in total. The maximum Gasteiger partial charge on any atom is 0.289 e. The van der Waals surface area contributed by atoms with Crippen molar-refractivity contribution in [1.29, 1.82) is 0 Å². The predicted molar refractivity (Wildman–Crippen MR) is 99.6 cm³/mol. The first kappa shape index (κ1) is 17.7. The summed E-state index contributed by atoms with van der Waals surface area (Å²) in [5.74, 6) is 1.00. The number of carbonyl (C=O) groups excluding carboxylic acids is 1. The Hall–Kier alpha value is -2.14. The quantitative estimate of drug-likeness (QED) is 0.880. The number of aryl methyl sites for hydroxylation is 1. The molecule has 0 spiro atoms. The second kappa shape index (κ2) is 8.30. The van der Waals surface area contributed by atoms with Crippen LogP contribution < -0.4 is 0 Å². The molecule has 0 saturated carbocycles. The molecule has 3 rings (SSSR count). The second-order valence-corrected chi connectivity index (χ2v) is 7.17. The van der Waals surface area contributed by atoms with Gasteiger partial charge in [0.2, 0.25) is 0 Å². The highest BCUT2D eigenvalue weighted by Crippen LogP contribution is 2.18. The summed E-state index contributed by atoms with van der Waals surface area (Å²) < 4.78 is 0. The zero-order valence-corrected chi connectivity index (χ0v) is 15.2. The van der Waals surface area contributed by atoms with Gasteiger partial charge in [-0.3, -0.25) is 4.79 Å². The Labute approximate surface area is 150 Å². The first-order valence-corrected chi connectivity index (χ1v) is 9.15. The fraction of sp³-hybridized carbons (Fsp3) is 0.500. The zero-order chi connectivity index (χ0) is 17.6. The molecule has 0 radical (unpaired) electrons. The fourth-order valence-electron chi connectivity index (χ4n) is 3.59. The third kappa shape index (κ3) is 4.92. The number of benzene rings is 1. The number of aromatic amines is 1. The van der Waals surface area contributed by atoms with Crippen molar-refractivity contribution in [2.24, 2.45) is 5.92 Å². The van der Waals surface area contributed by atoms with Gasteiger partial charge in [0.05, 0.1) is 0 Å². The van der Waals surface area contributed by atoms with Crippen LogP contribution in [0.25, 0.3) is 0 Å². The number of rotatable bonds is 6. The van der Waals surface area contributed by atoms with Gasteiger partial charge >= 0.3 is 0 Å². The molecule has 2 heterocycles. The van der Waals surface area contributed by atoms with Gasteiger partial charge in [0, 0.05) is 31.5 Å². The first-order chi connectivity index (χ1) is 12.1. The molecule has 1 fully saturated rings. The molecule has 1 amide bonds. The molecule has 134 valence electrons. The molecule has 1 aromatic heterocycles. The number of hydrogen-bond donors (Lipinski definition) is 1. The first-order valence-electron chi connectivity index (χ1n) is 9.15. The van der Waals surface area contributed by atoms with Crippen LogP contribution in [-0.4, -0.2) is 58.9 Å². The smallest absolute Gasteiger partial charge is 0.289 e. The molecular weight excluding hydrogens is 312 g/mol. The van der Waals surface area contributed by atoms with Crippen LogP contribution in [0.1, 0.15) is 34.7 Å². The number of nitrogens with zero attached hydrogens (tertiary/aromatic N) is 3. The Kier molecular flexibility index (Phi) is 5.87. The molecule has 5 heteroatoms. The summed E-state index contributed by atoms with van der Waals surface area (Å²) in [6, 6.07) is 10.4. The van der Waals surface area contributed by atoms with Gasteiger partial charge in [-0.25, -0.2) is 4.98 Å². The van der Waals surface area contributed by atoms with Crippen LogP contribution in [0, 0.1) is 12.8 Å². The Morgan fingerprint density at radius 3 is 2.84 bits per heavy atom. The van der Waals surface area contributed by atoms with E-state index in [1.54, 1.807) is 6.20 Å². The molecule has 1 N–H and O–H groups in total. The summed E-state index contributed by atoms with van der Waals surface area (Å²) in [4.78, 5) is 24.6. The number of piperidine rings is 1. The lowest BCUT2D eigenvalue weighted by atomic mass is 9.97. The van der Waals surface area contributed by atoms with Crippen LogP contribution in [-0.2, 0) is 6.42 Å². The number of H-pyrrole nitrogens is 1. The molecule has 1 unspecified atom stereocenters. The highest BCUT2D eigenvalue weighted by Gasteiger charge is 2.24. The summed E-state index contributed by atoms with van der Waals surface area (Å²) in [5, 5.41) is 0. The van der Waals surface area contributed by atoms with E-state index < -0.39 is 0 Å². The number of likely N-dealkylation sites (tertiary alicyclic amines) is 1. The molecule has 1 saturated heterocycles. The van der Waals surface area contributed by atoms with E-state index in [-0.39, 0.29) is 5.91 Å². The number of carbonyl (C=O) groups is 1. The van der Waals surface area contributed by atoms with Gasteiger partial charge in [-0.15, -0.1) is 0 Å². The molecule has 0 aliphatic carbocycles. The minimum absolute atomic E-state index is 0.0113. The van der Waals surface area contributed by atoms with E-state index in [4.69, 9.17) is 0 Å². The van der Waals surface area contributed by atoms with Crippen LogP contribution in [0.2, 0.25) is 0 Å². The predicted octanol–water partition coefficient (Wildman–Crippen LogP) is 2.74. The normalized spacial score (nSPS) is 18.2. The van der Waals surface area contributed by atoms with E-state index in [1.165, 1.54) is 18.4 Å². The van der Waals surface area contributed by atoms with Crippen molar-refractivity contribution in [3.63, 3.8) is 0 Å². The van der Waals surface area contributed by atoms with Gasteiger partial charge in [0.25, 0.3) is 5.91 Å². The van der Waals surface area contributed by atoms with Crippen LogP contribution in [0.15, 0.2) is 36.5 Å². The van der Waals surface area contributed by atoms with Crippen molar-refractivity contribution >= 4 is 5.91 Å². The third-order valence-electron chi connectivity index (χ3n) is 4.91. The number of amides is 1. The average Bonchev–Trinajstić information content (AvgIpc) is 3.05. The Morgan fingerprint density at radius 1 is 1.36 bits per heavy atom. The second-order valence-electron chi connectivity index (χ2n) is 7.17. The van der Waals surface area contributed by atoms with Crippen LogP contribution in [0.5, 0.6) is 0 Å². The lowest BCUT2D eigenvalue weighted by Gasteiger charge is -2.33. The molecule has 1 aliphatic rings. The van der Waals surface area contributed by atoms with Gasteiger partial charge in [-0.05, 0) is 51.3 Å². The van der Waals surface area contributed by atoms with Crippen LogP contribution >= 0.6 is 0 Å². The molecular formula is C20H28N4O. The third-order valence-corrected chi connectivity index (χ3v) is 4.91. The van der Waals surface area contributed by atoms with E-state index in [1.807, 2.05) is 30.0 Å². The van der Waals surface area contributed by atoms with E-state index in [2.05, 4.69) is 34.0 Å². The van der Waals surface area contributed by atoms with Crippen LogP contribution in [0.4, 0.5) is 0 Å². The van der Waals surface area contributed by atoms with E-state index >= 15 is 0 Å². The Balaban J connectivity index is 1.69. The lowest BCUT2D eigenvalue weighted by Crippen LogP contribution is -2.42. The largest absolute Gasteiger partial charge is 0.338 e. The number of aromatic nitrogens is 2. The molecule has 1 aliphatic heterocycles. The standard InChI is InChI=1S/C20H28N4O/c1-16-13-21-19(22-16)20(25)24(12-10-17-7-4-3-5-8-17)15-18-9-6-11-23(2)14-18/h3-5,7-8,13,18H,6,9-12,14-15H2,1-2H3,(H,21,22). The SMILES string of the molecule is Cc1cnc(C(=O)N(CCc2ccccc2)CC2CCCN(C)C2)[nH]1. The van der Waals surface area contributed by atoms with E-state index in [0.717, 1.165) is 38.3 Å². The number of nitrogens with one attached hydrogen (secondary N) is 1. The van der Waals surface area contributed by atoms with Crippen molar-refractivity contribution in [2.75, 3.05) is 33.2 Å². The Morgan fingerprint density at radius 2 is 2.16 bits per heavy atom. The van der Waals surface area contributed by atoms with E-state index in [0.29, 0.717) is 11.7 Å². The summed E-state index contributed by atoms with van der Waals surface area (Å²) in [5.41, 5.74) is 2.18. The van der Waals surface area contributed by atoms with Crippen molar-refractivity contribution in [1.82, 2.24) is 19.8 Å². The topological polar surface area (TPSA) is 52.2 Å². The molecule has 0 bridgehead atoms. The molecule has 1 atom stereocenters. The monoisotopic (exact) mass is 340 g/mol. The van der Waals surface area contributed by atoms with Gasteiger partial charge < -0.3 is 14.8 Å². The zero-order valence-electron chi connectivity index (χ0n) is 15.2. The summed E-state index contributed by atoms with van der Waals surface area (Å²) in [7, 11) is 2.16. The van der Waals surface area contributed by atoms with Crippen molar-refractivity contribution in [3.8, 4) is 0 Å².